The molecule has 1 fully saturated rings. The summed E-state index contributed by atoms with van der Waals surface area (Å²) in [6.45, 7) is 7.47. The maximum atomic E-state index is 12.3. The van der Waals surface area contributed by atoms with E-state index in [4.69, 9.17) is 0 Å². The number of anilines is 2. The second-order valence-electron chi connectivity index (χ2n) is 7.61. The molecule has 0 spiro atoms. The zero-order valence-corrected chi connectivity index (χ0v) is 17.3. The summed E-state index contributed by atoms with van der Waals surface area (Å²) < 4.78 is 0. The van der Waals surface area contributed by atoms with Gasteiger partial charge in [-0.3, -0.25) is 9.69 Å². The normalized spacial score (nSPS) is 20.0. The van der Waals surface area contributed by atoms with Gasteiger partial charge in [-0.25, -0.2) is 4.98 Å². The number of rotatable bonds is 6. The molecule has 0 aliphatic carbocycles. The molecule has 1 saturated heterocycles. The van der Waals surface area contributed by atoms with Crippen LogP contribution in [0.5, 0.6) is 0 Å². The van der Waals surface area contributed by atoms with Crippen LogP contribution in [0.2, 0.25) is 0 Å². The molecule has 3 heterocycles. The monoisotopic (exact) mass is 396 g/mol. The highest BCUT2D eigenvalue weighted by molar-refractivity contribution is 8.01. The average molecular weight is 397 g/mol. The quantitative estimate of drug-likeness (QED) is 0.753. The molecule has 28 heavy (non-hydrogen) atoms. The standard InChI is InChI=1S/C22H28N4OS/c1-17-9-10-23-21(16-17)26-14-12-25(13-15-26)11-5-4-8-20-22(27)24-18-6-2-3-7-19(18)28-20/h2-3,6-7,9-10,16,20H,4-5,8,11-15H2,1H3,(H,24,27). The Balaban J connectivity index is 1.17. The number of benzene rings is 1. The molecule has 1 amide bonds. The van der Waals surface area contributed by atoms with Crippen LogP contribution in [-0.2, 0) is 4.79 Å². The lowest BCUT2D eigenvalue weighted by Crippen LogP contribution is -2.47. The molecule has 6 heteroatoms. The van der Waals surface area contributed by atoms with Gasteiger partial charge in [-0.15, -0.1) is 11.8 Å². The summed E-state index contributed by atoms with van der Waals surface area (Å²) in [5, 5.41) is 3.08. The van der Waals surface area contributed by atoms with Crippen molar-refractivity contribution in [2.45, 2.75) is 36.3 Å². The van der Waals surface area contributed by atoms with E-state index in [1.165, 1.54) is 10.5 Å². The summed E-state index contributed by atoms with van der Waals surface area (Å²) in [5.41, 5.74) is 2.22. The molecule has 4 rings (SSSR count). The number of nitrogens with one attached hydrogen (secondary N) is 1. The topological polar surface area (TPSA) is 48.5 Å². The van der Waals surface area contributed by atoms with Gasteiger partial charge < -0.3 is 10.2 Å². The van der Waals surface area contributed by atoms with Crippen molar-refractivity contribution in [2.75, 3.05) is 42.9 Å². The van der Waals surface area contributed by atoms with Gasteiger partial charge in [-0.2, -0.15) is 0 Å². The molecule has 1 unspecified atom stereocenters. The number of fused-ring (bicyclic) bond motifs is 1. The Morgan fingerprint density at radius 2 is 1.96 bits per heavy atom. The predicted octanol–water partition coefficient (Wildman–Crippen LogP) is 3.80. The maximum absolute atomic E-state index is 12.3. The molecular formula is C22H28N4OS. The molecule has 1 atom stereocenters. The lowest BCUT2D eigenvalue weighted by Gasteiger charge is -2.35. The smallest absolute Gasteiger partial charge is 0.237 e. The number of aryl methyl sites for hydroxylation is 1. The minimum atomic E-state index is 0.0409. The molecular weight excluding hydrogens is 368 g/mol. The molecule has 0 saturated carbocycles. The largest absolute Gasteiger partial charge is 0.354 e. The van der Waals surface area contributed by atoms with Gasteiger partial charge in [0.05, 0.1) is 10.9 Å². The van der Waals surface area contributed by atoms with E-state index in [1.54, 1.807) is 11.8 Å². The summed E-state index contributed by atoms with van der Waals surface area (Å²) >= 11 is 1.71. The van der Waals surface area contributed by atoms with Crippen LogP contribution in [0.15, 0.2) is 47.5 Å². The van der Waals surface area contributed by atoms with E-state index in [2.05, 4.69) is 39.2 Å². The predicted molar refractivity (Wildman–Crippen MR) is 116 cm³/mol. The maximum Gasteiger partial charge on any atom is 0.237 e. The number of aromatic nitrogens is 1. The third-order valence-electron chi connectivity index (χ3n) is 5.49. The number of thioether (sulfide) groups is 1. The van der Waals surface area contributed by atoms with E-state index >= 15 is 0 Å². The average Bonchev–Trinajstić information content (AvgIpc) is 2.72. The van der Waals surface area contributed by atoms with Crippen LogP contribution in [0.4, 0.5) is 11.5 Å². The second kappa shape index (κ2) is 8.97. The number of carbonyl (C=O) groups excluding carboxylic acids is 1. The molecule has 5 nitrogen and oxygen atoms in total. The van der Waals surface area contributed by atoms with E-state index in [0.29, 0.717) is 0 Å². The Hall–Kier alpha value is -2.05. The van der Waals surface area contributed by atoms with Crippen molar-refractivity contribution in [1.82, 2.24) is 9.88 Å². The Kier molecular flexibility index (Phi) is 6.17. The number of unbranched alkanes of at least 4 members (excludes halogenated alkanes) is 1. The minimum Gasteiger partial charge on any atom is -0.354 e. The van der Waals surface area contributed by atoms with Crippen molar-refractivity contribution in [3.63, 3.8) is 0 Å². The Morgan fingerprint density at radius 1 is 1.14 bits per heavy atom. The highest BCUT2D eigenvalue weighted by atomic mass is 32.2. The van der Waals surface area contributed by atoms with Crippen LogP contribution in [0, 0.1) is 6.92 Å². The highest BCUT2D eigenvalue weighted by Crippen LogP contribution is 2.37. The van der Waals surface area contributed by atoms with Crippen molar-refractivity contribution in [1.29, 1.82) is 0 Å². The Bertz CT molecular complexity index is 820. The van der Waals surface area contributed by atoms with E-state index in [-0.39, 0.29) is 11.2 Å². The van der Waals surface area contributed by atoms with E-state index in [1.807, 2.05) is 30.5 Å². The van der Waals surface area contributed by atoms with Gasteiger partial charge in [0.25, 0.3) is 0 Å². The highest BCUT2D eigenvalue weighted by Gasteiger charge is 2.26. The molecule has 2 aliphatic rings. The second-order valence-corrected chi connectivity index (χ2v) is 8.85. The molecule has 2 aliphatic heterocycles. The Morgan fingerprint density at radius 3 is 2.79 bits per heavy atom. The first-order chi connectivity index (χ1) is 13.7. The van der Waals surface area contributed by atoms with Crippen molar-refractivity contribution in [3.8, 4) is 0 Å². The molecule has 2 aromatic rings. The fourth-order valence-corrected chi connectivity index (χ4v) is 5.00. The number of para-hydroxylation sites is 1. The summed E-state index contributed by atoms with van der Waals surface area (Å²) in [5.74, 6) is 1.25. The zero-order chi connectivity index (χ0) is 19.3. The molecule has 0 bridgehead atoms. The van der Waals surface area contributed by atoms with Crippen LogP contribution >= 0.6 is 11.8 Å². The van der Waals surface area contributed by atoms with Crippen LogP contribution in [-0.4, -0.2) is 53.8 Å². The number of nitrogens with zero attached hydrogens (tertiary/aromatic N) is 3. The third kappa shape index (κ3) is 4.67. The lowest BCUT2D eigenvalue weighted by molar-refractivity contribution is -0.115. The number of carbonyl (C=O) groups is 1. The summed E-state index contributed by atoms with van der Waals surface area (Å²) in [6, 6.07) is 12.3. The first-order valence-electron chi connectivity index (χ1n) is 10.2. The number of piperazine rings is 1. The van der Waals surface area contributed by atoms with Crippen molar-refractivity contribution < 1.29 is 4.79 Å². The zero-order valence-electron chi connectivity index (χ0n) is 16.4. The fraction of sp³-hybridized carbons (Fsp3) is 0.455. The fourth-order valence-electron chi connectivity index (χ4n) is 3.84. The van der Waals surface area contributed by atoms with Crippen LogP contribution in [0.1, 0.15) is 24.8 Å². The van der Waals surface area contributed by atoms with Crippen molar-refractivity contribution in [2.24, 2.45) is 0 Å². The lowest BCUT2D eigenvalue weighted by atomic mass is 10.1. The van der Waals surface area contributed by atoms with Gasteiger partial charge in [0, 0.05) is 37.3 Å². The van der Waals surface area contributed by atoms with Gasteiger partial charge in [-0.1, -0.05) is 18.6 Å². The molecule has 1 aromatic heterocycles. The number of pyridine rings is 1. The van der Waals surface area contributed by atoms with E-state index in [9.17, 15) is 4.79 Å². The summed E-state index contributed by atoms with van der Waals surface area (Å²) in [4.78, 5) is 22.9. The van der Waals surface area contributed by atoms with Crippen molar-refractivity contribution >= 4 is 29.2 Å². The van der Waals surface area contributed by atoms with Gasteiger partial charge in [0.1, 0.15) is 5.82 Å². The first kappa shape index (κ1) is 19.3. The molecule has 0 radical (unpaired) electrons. The molecule has 1 aromatic carbocycles. The van der Waals surface area contributed by atoms with Crippen LogP contribution in [0.3, 0.4) is 0 Å². The van der Waals surface area contributed by atoms with Crippen LogP contribution in [0.25, 0.3) is 0 Å². The number of hydrogen-bond acceptors (Lipinski definition) is 5. The van der Waals surface area contributed by atoms with Gasteiger partial charge in [0.15, 0.2) is 0 Å². The van der Waals surface area contributed by atoms with Gasteiger partial charge >= 0.3 is 0 Å². The van der Waals surface area contributed by atoms with Crippen LogP contribution < -0.4 is 10.2 Å². The van der Waals surface area contributed by atoms with E-state index < -0.39 is 0 Å². The van der Waals surface area contributed by atoms with Gasteiger partial charge in [0.2, 0.25) is 5.91 Å². The first-order valence-corrected chi connectivity index (χ1v) is 11.0. The number of amides is 1. The Labute approximate surface area is 171 Å². The third-order valence-corrected chi connectivity index (χ3v) is 6.84. The summed E-state index contributed by atoms with van der Waals surface area (Å²) in [7, 11) is 0. The van der Waals surface area contributed by atoms with Gasteiger partial charge in [-0.05, 0) is 56.1 Å². The SMILES string of the molecule is Cc1ccnc(N2CCN(CCCCC3Sc4ccccc4NC3=O)CC2)c1. The minimum absolute atomic E-state index is 0.0409. The van der Waals surface area contributed by atoms with Crippen molar-refractivity contribution in [3.05, 3.63) is 48.2 Å². The van der Waals surface area contributed by atoms with E-state index in [0.717, 1.165) is 63.5 Å². The molecule has 148 valence electrons. The number of hydrogen-bond donors (Lipinski definition) is 1. The molecule has 1 N–H and O–H groups in total. The summed E-state index contributed by atoms with van der Waals surface area (Å²) in [6.07, 6.45) is 5.08.